The second kappa shape index (κ2) is 11.4. The summed E-state index contributed by atoms with van der Waals surface area (Å²) < 4.78 is 22.8. The number of hydrogen-bond donors (Lipinski definition) is 1. The maximum absolute atomic E-state index is 13.9. The second-order valence-corrected chi connectivity index (χ2v) is 10.4. The van der Waals surface area contributed by atoms with E-state index in [1.165, 1.54) is 30.5 Å². The predicted octanol–water partition coefficient (Wildman–Crippen LogP) is 5.96. The molecule has 10 nitrogen and oxygen atoms in total. The molecule has 0 saturated heterocycles. The van der Waals surface area contributed by atoms with E-state index in [-0.39, 0.29) is 16.5 Å². The Hall–Kier alpha value is -4.38. The van der Waals surface area contributed by atoms with Gasteiger partial charge in [-0.05, 0) is 43.2 Å². The van der Waals surface area contributed by atoms with E-state index in [1.807, 2.05) is 0 Å². The highest BCUT2D eigenvalue weighted by atomic mass is 32.1. The van der Waals surface area contributed by atoms with Gasteiger partial charge >= 0.3 is 0 Å². The first kappa shape index (κ1) is 27.2. The molecule has 1 aliphatic rings. The molecule has 0 radical (unpaired) electrons. The number of methoxy groups -OCH3 is 2. The number of aryl methyl sites for hydroxylation is 1. The molecule has 1 N–H and O–H groups in total. The summed E-state index contributed by atoms with van der Waals surface area (Å²) >= 11 is 1.17. The summed E-state index contributed by atoms with van der Waals surface area (Å²) in [6, 6.07) is 11.0. The molecule has 2 aromatic carbocycles. The fraction of sp³-hybridized carbons (Fsp3) is 0.310. The summed E-state index contributed by atoms with van der Waals surface area (Å²) in [5.74, 6) is -0.712. The maximum Gasteiger partial charge on any atom is 0.296 e. The van der Waals surface area contributed by atoms with Crippen LogP contribution in [-0.2, 0) is 4.79 Å². The minimum absolute atomic E-state index is 0.0445. The lowest BCUT2D eigenvalue weighted by atomic mass is 9.95. The average Bonchev–Trinajstić information content (AvgIpc) is 3.66. The number of amides is 1. The van der Waals surface area contributed by atoms with E-state index >= 15 is 0 Å². The van der Waals surface area contributed by atoms with E-state index in [0.29, 0.717) is 45.4 Å². The smallest absolute Gasteiger partial charge is 0.296 e. The SMILES string of the molecule is CCCCCOc1ccc(C2C(C(=O)c3cc4cccc(OC)c4o3)=C(O)C(=O)N2c2nnc(C)s2)cc1OC. The number of ketones is 1. The van der Waals surface area contributed by atoms with Crippen LogP contribution >= 0.6 is 11.3 Å². The van der Waals surface area contributed by atoms with Gasteiger partial charge in [-0.25, -0.2) is 0 Å². The van der Waals surface area contributed by atoms with Crippen molar-refractivity contribution in [1.82, 2.24) is 10.2 Å². The van der Waals surface area contributed by atoms with Gasteiger partial charge in [0, 0.05) is 5.39 Å². The molecule has 11 heteroatoms. The highest BCUT2D eigenvalue weighted by Gasteiger charge is 2.47. The molecule has 1 amide bonds. The lowest BCUT2D eigenvalue weighted by Crippen LogP contribution is -2.31. The zero-order valence-electron chi connectivity index (χ0n) is 22.6. The van der Waals surface area contributed by atoms with Crippen LogP contribution in [0.15, 0.2) is 58.2 Å². The zero-order valence-corrected chi connectivity index (χ0v) is 23.4. The number of unbranched alkanes of at least 4 members (excludes halogenated alkanes) is 2. The number of carbonyl (C=O) groups is 2. The Morgan fingerprint density at radius 2 is 1.88 bits per heavy atom. The van der Waals surface area contributed by atoms with E-state index in [2.05, 4.69) is 17.1 Å². The van der Waals surface area contributed by atoms with Gasteiger partial charge in [-0.2, -0.15) is 0 Å². The van der Waals surface area contributed by atoms with Crippen molar-refractivity contribution >= 4 is 39.1 Å². The van der Waals surface area contributed by atoms with Gasteiger partial charge in [0.25, 0.3) is 5.91 Å². The van der Waals surface area contributed by atoms with Crippen LogP contribution in [0.3, 0.4) is 0 Å². The maximum atomic E-state index is 13.9. The molecule has 40 heavy (non-hydrogen) atoms. The van der Waals surface area contributed by atoms with E-state index < -0.39 is 23.5 Å². The summed E-state index contributed by atoms with van der Waals surface area (Å²) in [6.45, 7) is 4.40. The topological polar surface area (TPSA) is 124 Å². The minimum Gasteiger partial charge on any atom is -0.503 e. The molecular weight excluding hydrogens is 534 g/mol. The van der Waals surface area contributed by atoms with Crippen LogP contribution < -0.4 is 19.1 Å². The Kier molecular flexibility index (Phi) is 7.74. The van der Waals surface area contributed by atoms with Gasteiger partial charge in [0.2, 0.25) is 10.9 Å². The van der Waals surface area contributed by atoms with Crippen LogP contribution in [0.25, 0.3) is 11.0 Å². The molecular formula is C29H29N3O7S. The van der Waals surface area contributed by atoms with E-state index in [1.54, 1.807) is 49.4 Å². The normalized spacial score (nSPS) is 15.2. The number of furan rings is 1. The molecule has 3 heterocycles. The molecule has 2 aromatic heterocycles. The fourth-order valence-corrected chi connectivity index (χ4v) is 5.40. The summed E-state index contributed by atoms with van der Waals surface area (Å²) in [5.41, 5.74) is 0.756. The minimum atomic E-state index is -1.02. The van der Waals surface area contributed by atoms with Gasteiger partial charge < -0.3 is 23.7 Å². The standard InChI is InChI=1S/C29H29N3O7S/c1-5-6-7-13-38-19-12-11-17(14-21(19)37-4)24-23(26(34)28(35)32(24)29-31-30-16(2)40-29)25(33)22-15-18-9-8-10-20(36-3)27(18)39-22/h8-12,14-15,24,34H,5-7,13H2,1-4H3. The summed E-state index contributed by atoms with van der Waals surface area (Å²) in [7, 11) is 3.02. The van der Waals surface area contributed by atoms with Crippen molar-refractivity contribution in [3.8, 4) is 17.2 Å². The average molecular weight is 564 g/mol. The largest absolute Gasteiger partial charge is 0.503 e. The number of aromatic nitrogens is 2. The third-order valence-corrected chi connectivity index (χ3v) is 7.47. The summed E-state index contributed by atoms with van der Waals surface area (Å²) in [6.07, 6.45) is 3.02. The van der Waals surface area contributed by atoms with Crippen molar-refractivity contribution in [1.29, 1.82) is 0 Å². The number of carbonyl (C=O) groups excluding carboxylic acids is 2. The predicted molar refractivity (Wildman–Crippen MR) is 150 cm³/mol. The molecule has 1 unspecified atom stereocenters. The third kappa shape index (κ3) is 4.88. The van der Waals surface area contributed by atoms with Gasteiger partial charge in [-0.3, -0.25) is 14.5 Å². The van der Waals surface area contributed by atoms with Gasteiger partial charge in [0.05, 0.1) is 32.4 Å². The first-order chi connectivity index (χ1) is 19.4. The molecule has 208 valence electrons. The highest BCUT2D eigenvalue weighted by molar-refractivity contribution is 7.15. The van der Waals surface area contributed by atoms with Crippen molar-refractivity contribution in [3.63, 3.8) is 0 Å². The number of nitrogens with zero attached hydrogens (tertiary/aromatic N) is 3. The van der Waals surface area contributed by atoms with Gasteiger partial charge in [-0.1, -0.05) is 49.3 Å². The lowest BCUT2D eigenvalue weighted by molar-refractivity contribution is -0.117. The van der Waals surface area contributed by atoms with Crippen molar-refractivity contribution < 1.29 is 33.3 Å². The second-order valence-electron chi connectivity index (χ2n) is 9.23. The fourth-order valence-electron chi connectivity index (χ4n) is 4.68. The van der Waals surface area contributed by atoms with Crippen molar-refractivity contribution in [2.24, 2.45) is 0 Å². The van der Waals surface area contributed by atoms with E-state index in [0.717, 1.165) is 19.3 Å². The van der Waals surface area contributed by atoms with Crippen molar-refractivity contribution in [2.75, 3.05) is 25.7 Å². The Morgan fingerprint density at radius 1 is 1.07 bits per heavy atom. The van der Waals surface area contributed by atoms with Crippen LogP contribution in [0.1, 0.15) is 53.4 Å². The number of para-hydroxylation sites is 1. The Balaban J connectivity index is 1.59. The first-order valence-corrected chi connectivity index (χ1v) is 13.7. The number of Topliss-reactive ketones (excluding diaryl/α,β-unsaturated/α-hetero) is 1. The van der Waals surface area contributed by atoms with Crippen LogP contribution in [0.2, 0.25) is 0 Å². The molecule has 0 bridgehead atoms. The molecule has 0 saturated carbocycles. The molecule has 0 fully saturated rings. The van der Waals surface area contributed by atoms with Crippen molar-refractivity contribution in [2.45, 2.75) is 39.2 Å². The summed E-state index contributed by atoms with van der Waals surface area (Å²) in [5, 5.41) is 20.8. The van der Waals surface area contributed by atoms with Crippen LogP contribution in [0.4, 0.5) is 5.13 Å². The number of benzene rings is 2. The monoisotopic (exact) mass is 563 g/mol. The van der Waals surface area contributed by atoms with Crippen LogP contribution in [-0.4, -0.2) is 47.8 Å². The van der Waals surface area contributed by atoms with Crippen molar-refractivity contribution in [3.05, 3.63) is 70.1 Å². The first-order valence-electron chi connectivity index (χ1n) is 12.9. The van der Waals surface area contributed by atoms with Gasteiger partial charge in [0.1, 0.15) is 5.01 Å². The van der Waals surface area contributed by atoms with Gasteiger partial charge in [0.15, 0.2) is 34.4 Å². The molecule has 5 rings (SSSR count). The molecule has 1 atom stereocenters. The number of hydrogen-bond acceptors (Lipinski definition) is 10. The van der Waals surface area contributed by atoms with Crippen LogP contribution in [0.5, 0.6) is 17.2 Å². The molecule has 0 spiro atoms. The number of ether oxygens (including phenoxy) is 3. The van der Waals surface area contributed by atoms with Gasteiger partial charge in [-0.15, -0.1) is 10.2 Å². The number of aliphatic hydroxyl groups is 1. The Labute approximate surface area is 234 Å². The van der Waals surface area contributed by atoms with Crippen LogP contribution in [0, 0.1) is 6.92 Å². The Bertz CT molecular complexity index is 1610. The number of fused-ring (bicyclic) bond motifs is 1. The summed E-state index contributed by atoms with van der Waals surface area (Å²) in [4.78, 5) is 28.7. The quantitative estimate of drug-likeness (QED) is 0.174. The molecule has 1 aliphatic heterocycles. The highest BCUT2D eigenvalue weighted by Crippen LogP contribution is 2.45. The molecule has 4 aromatic rings. The number of anilines is 1. The number of rotatable bonds is 11. The lowest BCUT2D eigenvalue weighted by Gasteiger charge is -2.24. The Morgan fingerprint density at radius 3 is 2.58 bits per heavy atom. The zero-order chi connectivity index (χ0) is 28.4. The van der Waals surface area contributed by atoms with E-state index in [9.17, 15) is 14.7 Å². The van der Waals surface area contributed by atoms with E-state index in [4.69, 9.17) is 18.6 Å². The molecule has 0 aliphatic carbocycles. The number of aliphatic hydroxyl groups excluding tert-OH is 1. The third-order valence-electron chi connectivity index (χ3n) is 6.63.